The van der Waals surface area contributed by atoms with Gasteiger partial charge in [0.25, 0.3) is 0 Å². The molecule has 15 heavy (non-hydrogen) atoms. The number of nitrogens with two attached hydrogens (primary N) is 1. The van der Waals surface area contributed by atoms with E-state index in [4.69, 9.17) is 10.5 Å². The molecule has 0 saturated carbocycles. The van der Waals surface area contributed by atoms with E-state index >= 15 is 0 Å². The highest BCUT2D eigenvalue weighted by Crippen LogP contribution is 2.11. The standard InChI is InChI=1S/C12H26N2O/c1-2-3-4-6-11(9-13)14-10-12-7-5-8-15-12/h11-12,14H,2-10,13H2,1H3. The summed E-state index contributed by atoms with van der Waals surface area (Å²) >= 11 is 0. The Labute approximate surface area is 93.8 Å². The molecule has 0 aliphatic carbocycles. The molecule has 1 aliphatic heterocycles. The lowest BCUT2D eigenvalue weighted by atomic mass is 10.1. The number of rotatable bonds is 8. The van der Waals surface area contributed by atoms with Crippen LogP contribution in [0.1, 0.15) is 45.4 Å². The molecule has 0 amide bonds. The van der Waals surface area contributed by atoms with Crippen molar-refractivity contribution in [1.29, 1.82) is 0 Å². The van der Waals surface area contributed by atoms with Crippen LogP contribution in [0.4, 0.5) is 0 Å². The molecule has 1 fully saturated rings. The minimum absolute atomic E-state index is 0.435. The van der Waals surface area contributed by atoms with Gasteiger partial charge in [-0.1, -0.05) is 26.2 Å². The molecule has 3 N–H and O–H groups in total. The van der Waals surface area contributed by atoms with Crippen molar-refractivity contribution in [2.75, 3.05) is 19.7 Å². The van der Waals surface area contributed by atoms with E-state index in [1.807, 2.05) is 0 Å². The smallest absolute Gasteiger partial charge is 0.0700 e. The maximum atomic E-state index is 5.74. The van der Waals surface area contributed by atoms with Crippen LogP contribution in [0.25, 0.3) is 0 Å². The van der Waals surface area contributed by atoms with Crippen LogP contribution in [0, 0.1) is 0 Å². The first-order valence-corrected chi connectivity index (χ1v) is 6.41. The molecule has 1 heterocycles. The normalized spacial score (nSPS) is 23.2. The molecule has 0 aromatic rings. The molecule has 2 atom stereocenters. The van der Waals surface area contributed by atoms with E-state index in [0.29, 0.717) is 12.1 Å². The van der Waals surface area contributed by atoms with E-state index < -0.39 is 0 Å². The monoisotopic (exact) mass is 214 g/mol. The molecule has 0 radical (unpaired) electrons. The summed E-state index contributed by atoms with van der Waals surface area (Å²) < 4.78 is 5.57. The van der Waals surface area contributed by atoms with Crippen molar-refractivity contribution < 1.29 is 4.74 Å². The Kier molecular flexibility index (Phi) is 6.98. The lowest BCUT2D eigenvalue weighted by Crippen LogP contribution is -2.40. The lowest BCUT2D eigenvalue weighted by molar-refractivity contribution is 0.107. The molecule has 0 aromatic heterocycles. The van der Waals surface area contributed by atoms with Crippen molar-refractivity contribution in [3.8, 4) is 0 Å². The molecule has 2 unspecified atom stereocenters. The molecule has 0 spiro atoms. The zero-order valence-corrected chi connectivity index (χ0v) is 10.0. The van der Waals surface area contributed by atoms with Gasteiger partial charge in [0.15, 0.2) is 0 Å². The molecule has 3 heteroatoms. The minimum Gasteiger partial charge on any atom is -0.377 e. The van der Waals surface area contributed by atoms with Gasteiger partial charge in [-0.3, -0.25) is 0 Å². The third-order valence-electron chi connectivity index (χ3n) is 3.10. The number of nitrogens with one attached hydrogen (secondary N) is 1. The fourth-order valence-electron chi connectivity index (χ4n) is 2.05. The highest BCUT2D eigenvalue weighted by Gasteiger charge is 2.16. The fourth-order valence-corrected chi connectivity index (χ4v) is 2.05. The van der Waals surface area contributed by atoms with E-state index in [2.05, 4.69) is 12.2 Å². The summed E-state index contributed by atoms with van der Waals surface area (Å²) in [6, 6.07) is 0.487. The molecule has 3 nitrogen and oxygen atoms in total. The molecule has 1 saturated heterocycles. The van der Waals surface area contributed by atoms with Crippen molar-refractivity contribution in [3.05, 3.63) is 0 Å². The largest absolute Gasteiger partial charge is 0.377 e. The van der Waals surface area contributed by atoms with Crippen LogP contribution in [0.3, 0.4) is 0 Å². The van der Waals surface area contributed by atoms with Crippen molar-refractivity contribution >= 4 is 0 Å². The van der Waals surface area contributed by atoms with Gasteiger partial charge in [0.05, 0.1) is 6.10 Å². The first-order valence-electron chi connectivity index (χ1n) is 6.41. The Balaban J connectivity index is 2.04. The summed E-state index contributed by atoms with van der Waals surface area (Å²) in [5.41, 5.74) is 5.74. The van der Waals surface area contributed by atoms with Gasteiger partial charge in [-0.2, -0.15) is 0 Å². The number of unbranched alkanes of at least 4 members (excludes halogenated alkanes) is 2. The third kappa shape index (κ3) is 5.50. The summed E-state index contributed by atoms with van der Waals surface area (Å²) in [6.07, 6.45) is 7.95. The van der Waals surface area contributed by atoms with Crippen LogP contribution >= 0.6 is 0 Å². The Bertz CT molecular complexity index is 147. The van der Waals surface area contributed by atoms with Gasteiger partial charge < -0.3 is 15.8 Å². The van der Waals surface area contributed by atoms with Crippen molar-refractivity contribution in [2.24, 2.45) is 5.73 Å². The summed E-state index contributed by atoms with van der Waals surface area (Å²) in [5, 5.41) is 3.52. The zero-order valence-electron chi connectivity index (χ0n) is 10.0. The minimum atomic E-state index is 0.435. The van der Waals surface area contributed by atoms with Gasteiger partial charge in [-0.15, -0.1) is 0 Å². The lowest BCUT2D eigenvalue weighted by Gasteiger charge is -2.19. The number of ether oxygens (including phenoxy) is 1. The quantitative estimate of drug-likeness (QED) is 0.604. The predicted molar refractivity (Wildman–Crippen MR) is 64.0 cm³/mol. The Morgan fingerprint density at radius 2 is 2.33 bits per heavy atom. The second kappa shape index (κ2) is 8.08. The third-order valence-corrected chi connectivity index (χ3v) is 3.10. The van der Waals surface area contributed by atoms with E-state index in [0.717, 1.165) is 19.7 Å². The number of hydrogen-bond donors (Lipinski definition) is 2. The molecule has 1 rings (SSSR count). The second-order valence-electron chi connectivity index (χ2n) is 4.47. The SMILES string of the molecule is CCCCCC(CN)NCC1CCCO1. The molecule has 90 valence electrons. The van der Waals surface area contributed by atoms with Crippen LogP contribution in [-0.4, -0.2) is 31.8 Å². The Morgan fingerprint density at radius 3 is 2.93 bits per heavy atom. The van der Waals surface area contributed by atoms with Crippen LogP contribution in [0.15, 0.2) is 0 Å². The predicted octanol–water partition coefficient (Wildman–Crippen LogP) is 1.66. The topological polar surface area (TPSA) is 47.3 Å². The second-order valence-corrected chi connectivity index (χ2v) is 4.47. The average molecular weight is 214 g/mol. The number of hydrogen-bond acceptors (Lipinski definition) is 3. The van der Waals surface area contributed by atoms with Gasteiger partial charge in [-0.05, 0) is 19.3 Å². The van der Waals surface area contributed by atoms with Crippen LogP contribution in [0.5, 0.6) is 0 Å². The van der Waals surface area contributed by atoms with Gasteiger partial charge in [-0.25, -0.2) is 0 Å². The van der Waals surface area contributed by atoms with E-state index in [1.165, 1.54) is 38.5 Å². The van der Waals surface area contributed by atoms with Gasteiger partial charge in [0.1, 0.15) is 0 Å². The molecular formula is C12H26N2O. The van der Waals surface area contributed by atoms with Gasteiger partial charge >= 0.3 is 0 Å². The van der Waals surface area contributed by atoms with Crippen LogP contribution < -0.4 is 11.1 Å². The molecule has 0 bridgehead atoms. The first-order chi connectivity index (χ1) is 7.36. The zero-order chi connectivity index (χ0) is 10.9. The molecular weight excluding hydrogens is 188 g/mol. The van der Waals surface area contributed by atoms with E-state index in [1.54, 1.807) is 0 Å². The molecule has 1 aliphatic rings. The van der Waals surface area contributed by atoms with Crippen molar-refractivity contribution in [2.45, 2.75) is 57.6 Å². The van der Waals surface area contributed by atoms with Crippen molar-refractivity contribution in [1.82, 2.24) is 5.32 Å². The maximum Gasteiger partial charge on any atom is 0.0700 e. The average Bonchev–Trinajstić information content (AvgIpc) is 2.76. The maximum absolute atomic E-state index is 5.74. The Morgan fingerprint density at radius 1 is 1.47 bits per heavy atom. The van der Waals surface area contributed by atoms with Crippen LogP contribution in [-0.2, 0) is 4.74 Å². The summed E-state index contributed by atoms with van der Waals surface area (Å²) in [7, 11) is 0. The highest BCUT2D eigenvalue weighted by molar-refractivity contribution is 4.73. The van der Waals surface area contributed by atoms with E-state index in [-0.39, 0.29) is 0 Å². The highest BCUT2D eigenvalue weighted by atomic mass is 16.5. The fraction of sp³-hybridized carbons (Fsp3) is 1.00. The molecule has 0 aromatic carbocycles. The van der Waals surface area contributed by atoms with Gasteiger partial charge in [0.2, 0.25) is 0 Å². The summed E-state index contributed by atoms with van der Waals surface area (Å²) in [4.78, 5) is 0. The first kappa shape index (κ1) is 12.9. The van der Waals surface area contributed by atoms with E-state index in [9.17, 15) is 0 Å². The summed E-state index contributed by atoms with van der Waals surface area (Å²) in [5.74, 6) is 0. The Hall–Kier alpha value is -0.120. The van der Waals surface area contributed by atoms with Crippen LogP contribution in [0.2, 0.25) is 0 Å². The van der Waals surface area contributed by atoms with Crippen molar-refractivity contribution in [3.63, 3.8) is 0 Å². The summed E-state index contributed by atoms with van der Waals surface area (Å²) in [6.45, 7) is 4.90. The van der Waals surface area contributed by atoms with Gasteiger partial charge in [0, 0.05) is 25.7 Å².